The zero-order valence-corrected chi connectivity index (χ0v) is 10.8. The van der Waals surface area contributed by atoms with Gasteiger partial charge in [0.05, 0.1) is 6.04 Å². The van der Waals surface area contributed by atoms with Crippen LogP contribution in [0.15, 0.2) is 18.2 Å². The molecule has 17 heavy (non-hydrogen) atoms. The molecule has 3 nitrogen and oxygen atoms in total. The van der Waals surface area contributed by atoms with Gasteiger partial charge in [-0.3, -0.25) is 4.79 Å². The van der Waals surface area contributed by atoms with E-state index < -0.39 is 0 Å². The summed E-state index contributed by atoms with van der Waals surface area (Å²) >= 11 is 0. The quantitative estimate of drug-likeness (QED) is 0.864. The van der Waals surface area contributed by atoms with Crippen LogP contribution in [0, 0.1) is 13.8 Å². The van der Waals surface area contributed by atoms with Crippen molar-refractivity contribution >= 4 is 11.6 Å². The fourth-order valence-corrected chi connectivity index (χ4v) is 2.27. The molecule has 3 heteroatoms. The number of hydrogen-bond donors (Lipinski definition) is 1. The molecule has 1 saturated heterocycles. The predicted octanol–water partition coefficient (Wildman–Crippen LogP) is 2.02. The van der Waals surface area contributed by atoms with E-state index in [2.05, 4.69) is 31.3 Å². The van der Waals surface area contributed by atoms with Crippen molar-refractivity contribution < 1.29 is 4.79 Å². The first-order chi connectivity index (χ1) is 8.13. The molecule has 1 amide bonds. The molecule has 1 aliphatic rings. The van der Waals surface area contributed by atoms with Crippen molar-refractivity contribution in [2.45, 2.75) is 33.2 Å². The molecular formula is C14H20N2O. The Morgan fingerprint density at radius 1 is 1.35 bits per heavy atom. The zero-order valence-electron chi connectivity index (χ0n) is 10.8. The third-order valence-electron chi connectivity index (χ3n) is 3.46. The van der Waals surface area contributed by atoms with E-state index in [9.17, 15) is 4.79 Å². The van der Waals surface area contributed by atoms with E-state index in [1.54, 1.807) is 0 Å². The van der Waals surface area contributed by atoms with Crippen molar-refractivity contribution in [2.24, 2.45) is 0 Å². The summed E-state index contributed by atoms with van der Waals surface area (Å²) in [6, 6.07) is 6.22. The second-order valence-electron chi connectivity index (χ2n) is 4.66. The number of amides is 1. The van der Waals surface area contributed by atoms with Gasteiger partial charge in [-0.05, 0) is 50.1 Å². The number of anilines is 1. The number of rotatable bonds is 3. The number of aryl methyl sites for hydroxylation is 2. The fraction of sp³-hybridized carbons (Fsp3) is 0.500. The summed E-state index contributed by atoms with van der Waals surface area (Å²) in [7, 11) is 0. The molecule has 1 N–H and O–H groups in total. The average Bonchev–Trinajstić information content (AvgIpc) is 2.66. The van der Waals surface area contributed by atoms with E-state index in [-0.39, 0.29) is 11.9 Å². The fourth-order valence-electron chi connectivity index (χ4n) is 2.27. The maximum Gasteiger partial charge on any atom is 0.244 e. The molecule has 0 spiro atoms. The lowest BCUT2D eigenvalue weighted by molar-refractivity contribution is -0.118. The molecule has 92 valence electrons. The second-order valence-corrected chi connectivity index (χ2v) is 4.66. The van der Waals surface area contributed by atoms with E-state index >= 15 is 0 Å². The Labute approximate surface area is 103 Å². The van der Waals surface area contributed by atoms with Crippen LogP contribution in [0.3, 0.4) is 0 Å². The first-order valence-electron chi connectivity index (χ1n) is 6.25. The van der Waals surface area contributed by atoms with Crippen molar-refractivity contribution in [1.29, 1.82) is 0 Å². The summed E-state index contributed by atoms with van der Waals surface area (Å²) in [6.07, 6.45) is 0.902. The van der Waals surface area contributed by atoms with Gasteiger partial charge >= 0.3 is 0 Å². The number of nitrogens with one attached hydrogen (secondary N) is 1. The van der Waals surface area contributed by atoms with E-state index in [4.69, 9.17) is 0 Å². The van der Waals surface area contributed by atoms with Crippen LogP contribution in [0.2, 0.25) is 0 Å². The Hall–Kier alpha value is -1.35. The molecule has 0 saturated carbocycles. The van der Waals surface area contributed by atoms with Gasteiger partial charge in [-0.1, -0.05) is 13.0 Å². The maximum absolute atomic E-state index is 12.2. The Bertz CT molecular complexity index is 428. The minimum Gasteiger partial charge on any atom is -0.311 e. The van der Waals surface area contributed by atoms with Gasteiger partial charge in [0.25, 0.3) is 0 Å². The van der Waals surface area contributed by atoms with Gasteiger partial charge in [-0.2, -0.15) is 0 Å². The standard InChI is InChI=1S/C14H20N2O/c1-4-15-13-7-8-16(14(13)17)12-6-5-10(2)11(3)9-12/h5-6,9,13,15H,4,7-8H2,1-3H3. The van der Waals surface area contributed by atoms with Crippen molar-refractivity contribution in [1.82, 2.24) is 5.32 Å². The summed E-state index contributed by atoms with van der Waals surface area (Å²) < 4.78 is 0. The van der Waals surface area contributed by atoms with Gasteiger partial charge < -0.3 is 10.2 Å². The third-order valence-corrected chi connectivity index (χ3v) is 3.46. The van der Waals surface area contributed by atoms with Gasteiger partial charge in [-0.15, -0.1) is 0 Å². The summed E-state index contributed by atoms with van der Waals surface area (Å²) in [6.45, 7) is 7.87. The largest absolute Gasteiger partial charge is 0.311 e. The van der Waals surface area contributed by atoms with Crippen LogP contribution in [-0.4, -0.2) is 25.0 Å². The number of carbonyl (C=O) groups is 1. The number of nitrogens with zero attached hydrogens (tertiary/aromatic N) is 1. The Morgan fingerprint density at radius 2 is 2.12 bits per heavy atom. The van der Waals surface area contributed by atoms with Gasteiger partial charge in [0.2, 0.25) is 5.91 Å². The summed E-state index contributed by atoms with van der Waals surface area (Å²) in [5.41, 5.74) is 3.53. The SMILES string of the molecule is CCNC1CCN(c2ccc(C)c(C)c2)C1=O. The summed E-state index contributed by atoms with van der Waals surface area (Å²) in [4.78, 5) is 14.0. The molecule has 0 aliphatic carbocycles. The van der Waals surface area contributed by atoms with Crippen LogP contribution in [-0.2, 0) is 4.79 Å². The molecular weight excluding hydrogens is 212 g/mol. The zero-order chi connectivity index (χ0) is 12.4. The topological polar surface area (TPSA) is 32.3 Å². The lowest BCUT2D eigenvalue weighted by Crippen LogP contribution is -2.38. The van der Waals surface area contributed by atoms with Crippen LogP contribution in [0.1, 0.15) is 24.5 Å². The normalized spacial score (nSPS) is 20.1. The molecule has 1 aliphatic heterocycles. The molecule has 2 rings (SSSR count). The van der Waals surface area contributed by atoms with Crippen LogP contribution in [0.4, 0.5) is 5.69 Å². The van der Waals surface area contributed by atoms with Crippen molar-refractivity contribution in [3.05, 3.63) is 29.3 Å². The number of likely N-dealkylation sites (N-methyl/N-ethyl adjacent to an activating group) is 1. The molecule has 1 heterocycles. The highest BCUT2D eigenvalue weighted by molar-refractivity contribution is 5.99. The Kier molecular flexibility index (Phi) is 3.48. The molecule has 0 radical (unpaired) electrons. The van der Waals surface area contributed by atoms with Gasteiger partial charge in [0.1, 0.15) is 0 Å². The first-order valence-corrected chi connectivity index (χ1v) is 6.25. The van der Waals surface area contributed by atoms with E-state index in [0.29, 0.717) is 0 Å². The highest BCUT2D eigenvalue weighted by Crippen LogP contribution is 2.23. The molecule has 1 aromatic rings. The van der Waals surface area contributed by atoms with Crippen LogP contribution >= 0.6 is 0 Å². The average molecular weight is 232 g/mol. The minimum atomic E-state index is 0.00149. The van der Waals surface area contributed by atoms with Crippen LogP contribution in [0.25, 0.3) is 0 Å². The summed E-state index contributed by atoms with van der Waals surface area (Å²) in [5, 5.41) is 3.23. The van der Waals surface area contributed by atoms with E-state index in [1.165, 1.54) is 11.1 Å². The smallest absolute Gasteiger partial charge is 0.244 e. The Morgan fingerprint density at radius 3 is 2.76 bits per heavy atom. The van der Waals surface area contributed by atoms with E-state index in [0.717, 1.165) is 25.2 Å². The van der Waals surface area contributed by atoms with E-state index in [1.807, 2.05) is 17.9 Å². The third kappa shape index (κ3) is 2.34. The molecule has 1 aromatic carbocycles. The lowest BCUT2D eigenvalue weighted by atomic mass is 10.1. The molecule has 0 bridgehead atoms. The number of benzene rings is 1. The predicted molar refractivity (Wildman–Crippen MR) is 70.4 cm³/mol. The van der Waals surface area contributed by atoms with Gasteiger partial charge in [0.15, 0.2) is 0 Å². The molecule has 1 fully saturated rings. The number of hydrogen-bond acceptors (Lipinski definition) is 2. The molecule has 0 aromatic heterocycles. The van der Waals surface area contributed by atoms with Crippen LogP contribution < -0.4 is 10.2 Å². The lowest BCUT2D eigenvalue weighted by Gasteiger charge is -2.18. The molecule has 1 atom stereocenters. The van der Waals surface area contributed by atoms with Gasteiger partial charge in [0, 0.05) is 12.2 Å². The van der Waals surface area contributed by atoms with Crippen molar-refractivity contribution in [3.8, 4) is 0 Å². The van der Waals surface area contributed by atoms with Crippen molar-refractivity contribution in [3.63, 3.8) is 0 Å². The highest BCUT2D eigenvalue weighted by Gasteiger charge is 2.31. The van der Waals surface area contributed by atoms with Gasteiger partial charge in [-0.25, -0.2) is 0 Å². The highest BCUT2D eigenvalue weighted by atomic mass is 16.2. The summed E-state index contributed by atoms with van der Waals surface area (Å²) in [5.74, 6) is 0.204. The number of carbonyl (C=O) groups excluding carboxylic acids is 1. The Balaban J connectivity index is 2.18. The second kappa shape index (κ2) is 4.88. The molecule has 1 unspecified atom stereocenters. The minimum absolute atomic E-state index is 0.00149. The monoisotopic (exact) mass is 232 g/mol. The van der Waals surface area contributed by atoms with Crippen LogP contribution in [0.5, 0.6) is 0 Å². The maximum atomic E-state index is 12.2. The first kappa shape index (κ1) is 12.1. The van der Waals surface area contributed by atoms with Crippen molar-refractivity contribution in [2.75, 3.05) is 18.0 Å².